The first-order valence-corrected chi connectivity index (χ1v) is 10.4. The predicted molar refractivity (Wildman–Crippen MR) is 107 cm³/mol. The van der Waals surface area contributed by atoms with E-state index < -0.39 is 4.92 Å². The van der Waals surface area contributed by atoms with Gasteiger partial charge in [0.05, 0.1) is 28.4 Å². The number of carbonyl (C=O) groups excluding carboxylic acids is 2. The van der Waals surface area contributed by atoms with Crippen LogP contribution in [0.1, 0.15) is 34.5 Å². The molecule has 1 spiro atoms. The Kier molecular flexibility index (Phi) is 5.08. The number of piperidine rings is 1. The molecule has 1 aromatic heterocycles. The highest BCUT2D eigenvalue weighted by Gasteiger charge is 2.48. The van der Waals surface area contributed by atoms with Crippen molar-refractivity contribution in [2.24, 2.45) is 0 Å². The van der Waals surface area contributed by atoms with E-state index in [4.69, 9.17) is 4.42 Å². The Hall–Kier alpha value is -2.81. The van der Waals surface area contributed by atoms with Crippen molar-refractivity contribution in [3.63, 3.8) is 0 Å². The summed E-state index contributed by atoms with van der Waals surface area (Å²) in [6.45, 7) is 3.07. The number of furan rings is 1. The first-order chi connectivity index (χ1) is 13.9. The Labute approximate surface area is 172 Å². The van der Waals surface area contributed by atoms with E-state index in [1.807, 2.05) is 11.0 Å². The fourth-order valence-electron chi connectivity index (χ4n) is 3.96. The summed E-state index contributed by atoms with van der Waals surface area (Å²) in [5.74, 6) is 1.04. The number of aryl methyl sites for hydroxylation is 1. The van der Waals surface area contributed by atoms with Gasteiger partial charge in [0, 0.05) is 30.3 Å². The smallest absolute Gasteiger partial charge is 0.273 e. The molecule has 2 aliphatic rings. The lowest BCUT2D eigenvalue weighted by Gasteiger charge is -2.43. The van der Waals surface area contributed by atoms with Crippen molar-refractivity contribution in [1.29, 1.82) is 0 Å². The van der Waals surface area contributed by atoms with Gasteiger partial charge < -0.3 is 14.2 Å². The Bertz CT molecular complexity index is 951. The second-order valence-electron chi connectivity index (χ2n) is 7.34. The van der Waals surface area contributed by atoms with Crippen LogP contribution in [0.3, 0.4) is 0 Å². The number of thioether (sulfide) groups is 1. The van der Waals surface area contributed by atoms with Crippen LogP contribution in [0.4, 0.5) is 5.69 Å². The molecule has 1 aromatic carbocycles. The van der Waals surface area contributed by atoms with Crippen molar-refractivity contribution in [2.75, 3.05) is 18.8 Å². The van der Waals surface area contributed by atoms with Crippen LogP contribution in [0, 0.1) is 17.0 Å². The van der Waals surface area contributed by atoms with Gasteiger partial charge in [-0.2, -0.15) is 0 Å². The highest BCUT2D eigenvalue weighted by Crippen LogP contribution is 2.45. The fourth-order valence-corrected chi connectivity index (χ4v) is 5.31. The van der Waals surface area contributed by atoms with Crippen LogP contribution in [-0.2, 0) is 11.3 Å². The maximum absolute atomic E-state index is 12.9. The molecular weight excluding hydrogens is 394 g/mol. The van der Waals surface area contributed by atoms with Crippen LogP contribution in [0.2, 0.25) is 0 Å². The summed E-state index contributed by atoms with van der Waals surface area (Å²) in [6.07, 6.45) is 2.91. The second kappa shape index (κ2) is 7.55. The molecule has 2 amide bonds. The summed E-state index contributed by atoms with van der Waals surface area (Å²) in [5.41, 5.74) is 0.797. The molecule has 2 fully saturated rings. The molecule has 0 unspecified atom stereocenters. The molecule has 0 radical (unpaired) electrons. The topological polar surface area (TPSA) is 96.9 Å². The highest BCUT2D eigenvalue weighted by atomic mass is 32.2. The van der Waals surface area contributed by atoms with E-state index >= 15 is 0 Å². The first-order valence-electron chi connectivity index (χ1n) is 9.41. The SMILES string of the molecule is Cc1ccc(C(=O)N2CCC3(CC2)SCC(=O)N3Cc2ccco2)cc1[N+](=O)[O-]. The van der Waals surface area contributed by atoms with Crippen LogP contribution < -0.4 is 0 Å². The van der Waals surface area contributed by atoms with Gasteiger partial charge in [-0.3, -0.25) is 19.7 Å². The Balaban J connectivity index is 1.47. The standard InChI is InChI=1S/C20H21N3O5S/c1-14-4-5-15(11-17(14)23(26)27)19(25)21-8-6-20(7-9-21)22(18(24)13-29-20)12-16-3-2-10-28-16/h2-5,10-11H,6-9,12-13H2,1H3. The number of carbonyl (C=O) groups is 2. The molecule has 152 valence electrons. The molecule has 2 aromatic rings. The van der Waals surface area contributed by atoms with Gasteiger partial charge >= 0.3 is 0 Å². The van der Waals surface area contributed by atoms with Gasteiger partial charge in [0.2, 0.25) is 5.91 Å². The number of likely N-dealkylation sites (tertiary alicyclic amines) is 1. The zero-order valence-electron chi connectivity index (χ0n) is 16.0. The van der Waals surface area contributed by atoms with Crippen molar-refractivity contribution < 1.29 is 18.9 Å². The fraction of sp³-hybridized carbons (Fsp3) is 0.400. The first kappa shape index (κ1) is 19.5. The van der Waals surface area contributed by atoms with Gasteiger partial charge in [-0.25, -0.2) is 0 Å². The third-order valence-electron chi connectivity index (χ3n) is 5.64. The van der Waals surface area contributed by atoms with Gasteiger partial charge in [0.1, 0.15) is 5.76 Å². The Morgan fingerprint density at radius 3 is 2.72 bits per heavy atom. The third kappa shape index (κ3) is 3.62. The van der Waals surface area contributed by atoms with Crippen molar-refractivity contribution in [2.45, 2.75) is 31.2 Å². The largest absolute Gasteiger partial charge is 0.467 e. The molecule has 0 saturated carbocycles. The van der Waals surface area contributed by atoms with Gasteiger partial charge in [-0.05, 0) is 38.0 Å². The Morgan fingerprint density at radius 2 is 2.07 bits per heavy atom. The number of hydrogen-bond acceptors (Lipinski definition) is 6. The van der Waals surface area contributed by atoms with Crippen molar-refractivity contribution in [3.05, 3.63) is 63.6 Å². The molecule has 0 bridgehead atoms. The summed E-state index contributed by atoms with van der Waals surface area (Å²) in [7, 11) is 0. The third-order valence-corrected chi connectivity index (χ3v) is 7.19. The van der Waals surface area contributed by atoms with E-state index in [2.05, 4.69) is 0 Å². The number of nitro benzene ring substituents is 1. The number of benzene rings is 1. The van der Waals surface area contributed by atoms with Gasteiger partial charge in [-0.15, -0.1) is 11.8 Å². The number of amides is 2. The number of nitro groups is 1. The number of nitrogens with zero attached hydrogens (tertiary/aromatic N) is 3. The molecule has 2 aliphatic heterocycles. The molecule has 4 rings (SSSR count). The van der Waals surface area contributed by atoms with Crippen molar-refractivity contribution in [3.8, 4) is 0 Å². The Morgan fingerprint density at radius 1 is 1.31 bits per heavy atom. The summed E-state index contributed by atoms with van der Waals surface area (Å²) >= 11 is 1.63. The number of hydrogen-bond donors (Lipinski definition) is 0. The zero-order valence-corrected chi connectivity index (χ0v) is 16.8. The average molecular weight is 415 g/mol. The van der Waals surface area contributed by atoms with Crippen LogP contribution in [0.15, 0.2) is 41.0 Å². The van der Waals surface area contributed by atoms with E-state index in [1.54, 1.807) is 48.0 Å². The minimum Gasteiger partial charge on any atom is -0.467 e. The molecule has 3 heterocycles. The zero-order chi connectivity index (χ0) is 20.6. The second-order valence-corrected chi connectivity index (χ2v) is 8.68. The maximum atomic E-state index is 12.9. The van der Waals surface area contributed by atoms with E-state index in [1.165, 1.54) is 6.07 Å². The average Bonchev–Trinajstić information content (AvgIpc) is 3.33. The summed E-state index contributed by atoms with van der Waals surface area (Å²) in [6, 6.07) is 8.24. The quantitative estimate of drug-likeness (QED) is 0.562. The summed E-state index contributed by atoms with van der Waals surface area (Å²) < 4.78 is 5.41. The monoisotopic (exact) mass is 415 g/mol. The highest BCUT2D eigenvalue weighted by molar-refractivity contribution is 8.01. The molecule has 29 heavy (non-hydrogen) atoms. The molecule has 9 heteroatoms. The van der Waals surface area contributed by atoms with Crippen LogP contribution in [-0.4, -0.2) is 50.3 Å². The summed E-state index contributed by atoms with van der Waals surface area (Å²) in [5, 5.41) is 11.2. The van der Waals surface area contributed by atoms with Gasteiger partial charge in [0.25, 0.3) is 11.6 Å². The number of rotatable bonds is 4. The van der Waals surface area contributed by atoms with Crippen LogP contribution in [0.25, 0.3) is 0 Å². The molecule has 0 atom stereocenters. The van der Waals surface area contributed by atoms with Crippen molar-refractivity contribution >= 4 is 29.3 Å². The van der Waals surface area contributed by atoms with Crippen LogP contribution >= 0.6 is 11.8 Å². The van der Waals surface area contributed by atoms with Crippen molar-refractivity contribution in [1.82, 2.24) is 9.80 Å². The van der Waals surface area contributed by atoms with Gasteiger partial charge in [0.15, 0.2) is 0 Å². The van der Waals surface area contributed by atoms with Crippen LogP contribution in [0.5, 0.6) is 0 Å². The molecule has 2 saturated heterocycles. The lowest BCUT2D eigenvalue weighted by Crippen LogP contribution is -2.52. The molecular formula is C20H21N3O5S. The summed E-state index contributed by atoms with van der Waals surface area (Å²) in [4.78, 5) is 39.3. The minimum atomic E-state index is -0.468. The molecule has 0 N–H and O–H groups in total. The van der Waals surface area contributed by atoms with E-state index in [0.29, 0.717) is 49.4 Å². The lowest BCUT2D eigenvalue weighted by atomic mass is 10.0. The van der Waals surface area contributed by atoms with Gasteiger partial charge in [-0.1, -0.05) is 6.07 Å². The lowest BCUT2D eigenvalue weighted by molar-refractivity contribution is -0.385. The maximum Gasteiger partial charge on any atom is 0.273 e. The minimum absolute atomic E-state index is 0.0501. The molecule has 0 aliphatic carbocycles. The molecule has 8 nitrogen and oxygen atoms in total. The van der Waals surface area contributed by atoms with E-state index in [0.717, 1.165) is 5.76 Å². The van der Waals surface area contributed by atoms with E-state index in [9.17, 15) is 19.7 Å². The normalized spacial score (nSPS) is 18.4. The van der Waals surface area contributed by atoms with E-state index in [-0.39, 0.29) is 22.4 Å². The predicted octanol–water partition coefficient (Wildman–Crippen LogP) is 3.20.